The van der Waals surface area contributed by atoms with E-state index >= 15 is 0 Å². The molecule has 0 heterocycles. The minimum absolute atomic E-state index is 0.00611. The Morgan fingerprint density at radius 1 is 0.380 bits per heavy atom. The van der Waals surface area contributed by atoms with Gasteiger partial charge < -0.3 is 20.3 Å². The van der Waals surface area contributed by atoms with Gasteiger partial charge in [0, 0.05) is 12.8 Å². The molecule has 0 saturated carbocycles. The zero-order chi connectivity index (χ0) is 51.4. The number of ether oxygens (including phenoxy) is 1. The summed E-state index contributed by atoms with van der Waals surface area (Å²) in [4.78, 5) is 24.5. The van der Waals surface area contributed by atoms with Crippen molar-refractivity contribution in [3.8, 4) is 0 Å². The van der Waals surface area contributed by atoms with Crippen molar-refractivity contribution in [1.29, 1.82) is 0 Å². The Kier molecular flexibility index (Phi) is 59.9. The van der Waals surface area contributed by atoms with E-state index < -0.39 is 12.1 Å². The van der Waals surface area contributed by atoms with E-state index in [4.69, 9.17) is 4.74 Å². The first-order chi connectivity index (χ1) is 35.0. The lowest BCUT2D eigenvalue weighted by Gasteiger charge is -2.22. The maximum atomic E-state index is 12.5. The number of aliphatic hydroxyl groups is 2. The molecule has 0 aromatic heterocycles. The maximum absolute atomic E-state index is 12.5. The summed E-state index contributed by atoms with van der Waals surface area (Å²) in [6.45, 7) is 4.96. The van der Waals surface area contributed by atoms with Crippen molar-refractivity contribution < 1.29 is 24.5 Å². The molecule has 0 spiro atoms. The largest absolute Gasteiger partial charge is 0.466 e. The highest BCUT2D eigenvalue weighted by molar-refractivity contribution is 5.76. The zero-order valence-corrected chi connectivity index (χ0v) is 48.2. The number of hydrogen-bond acceptors (Lipinski definition) is 5. The third-order valence-corrected chi connectivity index (χ3v) is 15.3. The molecule has 2 unspecified atom stereocenters. The first-order valence-corrected chi connectivity index (χ1v) is 32.4. The first-order valence-electron chi connectivity index (χ1n) is 32.4. The van der Waals surface area contributed by atoms with Crippen LogP contribution >= 0.6 is 0 Å². The van der Waals surface area contributed by atoms with E-state index in [1.54, 1.807) is 0 Å². The molecule has 0 saturated heterocycles. The zero-order valence-electron chi connectivity index (χ0n) is 48.2. The van der Waals surface area contributed by atoms with Crippen molar-refractivity contribution in [3.05, 3.63) is 12.2 Å². The summed E-state index contributed by atoms with van der Waals surface area (Å²) in [6, 6.07) is -0.540. The number of unbranched alkanes of at least 4 members (excludes halogenated alkanes) is 48. The average Bonchev–Trinajstić information content (AvgIpc) is 3.37. The number of hydrogen-bond donors (Lipinski definition) is 3. The van der Waals surface area contributed by atoms with Gasteiger partial charge in [-0.15, -0.1) is 0 Å². The third-order valence-electron chi connectivity index (χ3n) is 15.3. The topological polar surface area (TPSA) is 95.9 Å². The summed E-state index contributed by atoms with van der Waals surface area (Å²) in [5.41, 5.74) is 0. The number of aliphatic hydroxyl groups excluding tert-OH is 2. The van der Waals surface area contributed by atoms with Crippen LogP contribution in [0.15, 0.2) is 12.2 Å². The van der Waals surface area contributed by atoms with Crippen molar-refractivity contribution in [1.82, 2.24) is 5.32 Å². The monoisotopic (exact) mass is 1000 g/mol. The molecule has 0 aromatic rings. The molecule has 6 nitrogen and oxygen atoms in total. The summed E-state index contributed by atoms with van der Waals surface area (Å²) >= 11 is 0. The van der Waals surface area contributed by atoms with Gasteiger partial charge in [0.25, 0.3) is 0 Å². The highest BCUT2D eigenvalue weighted by atomic mass is 16.5. The van der Waals surface area contributed by atoms with Crippen LogP contribution in [0.4, 0.5) is 0 Å². The molecule has 0 aromatic carbocycles. The summed E-state index contributed by atoms with van der Waals surface area (Å²) in [5.74, 6) is -0.0240. The van der Waals surface area contributed by atoms with Gasteiger partial charge in [-0.25, -0.2) is 0 Å². The summed E-state index contributed by atoms with van der Waals surface area (Å²) in [5, 5.41) is 23.4. The summed E-state index contributed by atoms with van der Waals surface area (Å²) in [7, 11) is 0. The second-order valence-electron chi connectivity index (χ2n) is 22.5. The lowest BCUT2D eigenvalue weighted by Crippen LogP contribution is -2.45. The quantitative estimate of drug-likeness (QED) is 0.0320. The predicted molar refractivity (Wildman–Crippen MR) is 310 cm³/mol. The Morgan fingerprint density at radius 2 is 0.662 bits per heavy atom. The van der Waals surface area contributed by atoms with E-state index in [0.29, 0.717) is 25.9 Å². The molecule has 0 aliphatic carbocycles. The lowest BCUT2D eigenvalue weighted by atomic mass is 10.0. The van der Waals surface area contributed by atoms with Gasteiger partial charge in [-0.2, -0.15) is 0 Å². The molecule has 0 radical (unpaired) electrons. The van der Waals surface area contributed by atoms with Crippen molar-refractivity contribution in [2.24, 2.45) is 0 Å². The fraction of sp³-hybridized carbons (Fsp3) is 0.938. The molecular formula is C65H127NO5. The molecule has 1 amide bonds. The Bertz CT molecular complexity index is 1060. The Hall–Kier alpha value is -1.40. The number of rotatable bonds is 61. The second kappa shape index (κ2) is 61.1. The third kappa shape index (κ3) is 57.7. The first kappa shape index (κ1) is 69.6. The minimum atomic E-state index is -0.663. The molecule has 0 rings (SSSR count). The molecule has 0 aliphatic heterocycles. The molecule has 2 atom stereocenters. The normalized spacial score (nSPS) is 12.6. The summed E-state index contributed by atoms with van der Waals surface area (Å²) < 4.78 is 5.47. The Balaban J connectivity index is 3.37. The van der Waals surface area contributed by atoms with Crippen LogP contribution in [0.5, 0.6) is 0 Å². The van der Waals surface area contributed by atoms with Crippen LogP contribution in [0.1, 0.15) is 367 Å². The van der Waals surface area contributed by atoms with Gasteiger partial charge in [0.1, 0.15) is 0 Å². The highest BCUT2D eigenvalue weighted by Crippen LogP contribution is 2.19. The van der Waals surface area contributed by atoms with Gasteiger partial charge in [-0.1, -0.05) is 315 Å². The standard InChI is InChI=1S/C65H127NO5/c1-3-5-7-9-11-13-15-17-18-19-28-31-34-37-41-45-49-53-57-63(68)62(61-67)66-64(69)58-54-50-46-42-38-35-32-29-26-24-22-20-21-23-25-27-30-33-36-40-44-48-52-56-60-71-65(70)59-55-51-47-43-39-16-14-12-10-8-6-4-2/h12,14,62-63,67-68H,3-11,13,15-61H2,1-2H3,(H,66,69)/b14-12-. The van der Waals surface area contributed by atoms with Crippen LogP contribution in [0.25, 0.3) is 0 Å². The van der Waals surface area contributed by atoms with Gasteiger partial charge in [0.05, 0.1) is 25.4 Å². The van der Waals surface area contributed by atoms with E-state index in [1.165, 1.54) is 289 Å². The van der Waals surface area contributed by atoms with Crippen molar-refractivity contribution >= 4 is 11.9 Å². The molecule has 0 aliphatic rings. The van der Waals surface area contributed by atoms with Crippen LogP contribution < -0.4 is 5.32 Å². The minimum Gasteiger partial charge on any atom is -0.466 e. The van der Waals surface area contributed by atoms with Gasteiger partial charge >= 0.3 is 5.97 Å². The molecular weight excluding hydrogens is 875 g/mol. The van der Waals surface area contributed by atoms with E-state index in [0.717, 1.165) is 44.9 Å². The maximum Gasteiger partial charge on any atom is 0.305 e. The van der Waals surface area contributed by atoms with Crippen LogP contribution in [0, 0.1) is 0 Å². The van der Waals surface area contributed by atoms with E-state index in [9.17, 15) is 19.8 Å². The lowest BCUT2D eigenvalue weighted by molar-refractivity contribution is -0.143. The average molecular weight is 1000 g/mol. The SMILES string of the molecule is CCCCC/C=C\CCCCCCCC(=O)OCCCCCCCCCCCCCCCCCCCCCCCCCCC(=O)NC(CO)C(O)CCCCCCCCCCCCCCCCCCCC. The van der Waals surface area contributed by atoms with Gasteiger partial charge in [-0.05, 0) is 51.4 Å². The fourth-order valence-electron chi connectivity index (χ4n) is 10.3. The molecule has 422 valence electrons. The second-order valence-corrected chi connectivity index (χ2v) is 22.5. The van der Waals surface area contributed by atoms with Crippen LogP contribution in [-0.2, 0) is 14.3 Å². The summed E-state index contributed by atoms with van der Waals surface area (Å²) in [6.07, 6.45) is 73.7. The van der Waals surface area contributed by atoms with Crippen LogP contribution in [0.3, 0.4) is 0 Å². The van der Waals surface area contributed by atoms with Crippen molar-refractivity contribution in [3.63, 3.8) is 0 Å². The van der Waals surface area contributed by atoms with E-state index in [1.807, 2.05) is 0 Å². The van der Waals surface area contributed by atoms with E-state index in [2.05, 4.69) is 31.3 Å². The number of carbonyl (C=O) groups is 2. The molecule has 6 heteroatoms. The van der Waals surface area contributed by atoms with Gasteiger partial charge in [-0.3, -0.25) is 9.59 Å². The number of amides is 1. The number of carbonyl (C=O) groups excluding carboxylic acids is 2. The number of esters is 1. The smallest absolute Gasteiger partial charge is 0.305 e. The molecule has 0 fully saturated rings. The molecule has 71 heavy (non-hydrogen) atoms. The Morgan fingerprint density at radius 3 is 1.03 bits per heavy atom. The fourth-order valence-corrected chi connectivity index (χ4v) is 10.3. The van der Waals surface area contributed by atoms with Crippen LogP contribution in [0.2, 0.25) is 0 Å². The highest BCUT2D eigenvalue weighted by Gasteiger charge is 2.20. The van der Waals surface area contributed by atoms with Gasteiger partial charge in [0.15, 0.2) is 0 Å². The molecule has 0 bridgehead atoms. The number of nitrogens with one attached hydrogen (secondary N) is 1. The van der Waals surface area contributed by atoms with Crippen molar-refractivity contribution in [2.45, 2.75) is 379 Å². The van der Waals surface area contributed by atoms with Gasteiger partial charge in [0.2, 0.25) is 5.91 Å². The number of allylic oxidation sites excluding steroid dienone is 2. The molecule has 3 N–H and O–H groups in total. The van der Waals surface area contributed by atoms with Crippen LogP contribution in [-0.4, -0.2) is 47.4 Å². The predicted octanol–water partition coefficient (Wildman–Crippen LogP) is 20.4. The van der Waals surface area contributed by atoms with E-state index in [-0.39, 0.29) is 18.5 Å². The van der Waals surface area contributed by atoms with Crippen molar-refractivity contribution in [2.75, 3.05) is 13.2 Å². The Labute approximate surface area is 444 Å².